The summed E-state index contributed by atoms with van der Waals surface area (Å²) in [5.74, 6) is -0.116. The van der Waals surface area contributed by atoms with Gasteiger partial charge in [-0.05, 0) is 25.1 Å². The maximum Gasteiger partial charge on any atom is 0.237 e. The lowest BCUT2D eigenvalue weighted by Crippen LogP contribution is -2.19. The Morgan fingerprint density at radius 3 is 2.71 bits per heavy atom. The molecule has 1 N–H and O–H groups in total. The number of anilines is 1. The van der Waals surface area contributed by atoms with E-state index in [1.165, 1.54) is 0 Å². The minimum Gasteiger partial charge on any atom is -0.324 e. The molecular weight excluding hydrogens is 333 g/mol. The second-order valence-corrected chi connectivity index (χ2v) is 5.43. The van der Waals surface area contributed by atoms with Crippen LogP contribution in [-0.2, 0) is 4.79 Å². The quantitative estimate of drug-likeness (QED) is 0.814. The van der Waals surface area contributed by atoms with Gasteiger partial charge in [0, 0.05) is 4.47 Å². The average molecular weight is 341 g/mol. The molecule has 76 valence electrons. The van der Waals surface area contributed by atoms with Crippen LogP contribution in [0, 0.1) is 0 Å². The highest BCUT2D eigenvalue weighted by Gasteiger charge is 2.10. The second-order valence-electron chi connectivity index (χ2n) is 2.73. The van der Waals surface area contributed by atoms with Crippen molar-refractivity contribution in [3.05, 3.63) is 27.7 Å². The van der Waals surface area contributed by atoms with Crippen molar-refractivity contribution in [2.24, 2.45) is 0 Å². The Morgan fingerprint density at radius 1 is 1.57 bits per heavy atom. The van der Waals surface area contributed by atoms with Crippen molar-refractivity contribution in [1.82, 2.24) is 0 Å². The van der Waals surface area contributed by atoms with Gasteiger partial charge in [0.1, 0.15) is 0 Å². The molecule has 0 bridgehead atoms. The van der Waals surface area contributed by atoms with E-state index in [1.807, 2.05) is 6.07 Å². The molecule has 1 unspecified atom stereocenters. The van der Waals surface area contributed by atoms with Crippen LogP contribution >= 0.6 is 43.5 Å². The van der Waals surface area contributed by atoms with Gasteiger partial charge >= 0.3 is 0 Å². The predicted molar refractivity (Wildman–Crippen MR) is 66.2 cm³/mol. The number of carbonyl (C=O) groups excluding carboxylic acids is 1. The van der Waals surface area contributed by atoms with E-state index in [2.05, 4.69) is 37.2 Å². The number of rotatable bonds is 2. The first kappa shape index (κ1) is 12.0. The van der Waals surface area contributed by atoms with Crippen LogP contribution in [0.1, 0.15) is 6.92 Å². The molecule has 5 heteroatoms. The van der Waals surface area contributed by atoms with Crippen LogP contribution in [0.25, 0.3) is 0 Å². The zero-order valence-corrected chi connectivity index (χ0v) is 11.3. The van der Waals surface area contributed by atoms with E-state index in [1.54, 1.807) is 19.1 Å². The second kappa shape index (κ2) is 5.14. The summed E-state index contributed by atoms with van der Waals surface area (Å²) < 4.78 is 0.882. The van der Waals surface area contributed by atoms with Gasteiger partial charge in [-0.25, -0.2) is 0 Å². The topological polar surface area (TPSA) is 29.1 Å². The number of hydrogen-bond donors (Lipinski definition) is 1. The fourth-order valence-electron chi connectivity index (χ4n) is 0.823. The molecule has 0 aliphatic carbocycles. The van der Waals surface area contributed by atoms with Crippen LogP contribution in [0.4, 0.5) is 5.69 Å². The van der Waals surface area contributed by atoms with Crippen LogP contribution in [-0.4, -0.2) is 10.7 Å². The molecule has 1 atom stereocenters. The molecular formula is C9H8Br2ClNO. The molecule has 0 aliphatic rings. The SMILES string of the molecule is CC(Br)C(=O)Nc1ccc(Br)cc1Cl. The van der Waals surface area contributed by atoms with Gasteiger partial charge in [0.05, 0.1) is 15.5 Å². The van der Waals surface area contributed by atoms with E-state index in [9.17, 15) is 4.79 Å². The number of halogens is 3. The van der Waals surface area contributed by atoms with Crippen LogP contribution < -0.4 is 5.32 Å². The molecule has 0 fully saturated rings. The van der Waals surface area contributed by atoms with Crippen LogP contribution in [0.5, 0.6) is 0 Å². The molecule has 1 rings (SSSR count). The average Bonchev–Trinajstić information content (AvgIpc) is 2.09. The first-order valence-electron chi connectivity index (χ1n) is 3.90. The first-order chi connectivity index (χ1) is 6.50. The van der Waals surface area contributed by atoms with E-state index in [0.29, 0.717) is 10.7 Å². The van der Waals surface area contributed by atoms with Crippen LogP contribution in [0.15, 0.2) is 22.7 Å². The Hall–Kier alpha value is -0.0600. The minimum absolute atomic E-state index is 0.116. The standard InChI is InChI=1S/C9H8Br2ClNO/c1-5(10)9(14)13-8-3-2-6(11)4-7(8)12/h2-5H,1H3,(H,13,14). The number of alkyl halides is 1. The van der Waals surface area contributed by atoms with E-state index >= 15 is 0 Å². The first-order valence-corrected chi connectivity index (χ1v) is 5.99. The summed E-state index contributed by atoms with van der Waals surface area (Å²) in [7, 11) is 0. The molecule has 0 aromatic heterocycles. The molecule has 1 aromatic carbocycles. The number of benzene rings is 1. The van der Waals surface area contributed by atoms with Crippen molar-refractivity contribution < 1.29 is 4.79 Å². The zero-order chi connectivity index (χ0) is 10.7. The summed E-state index contributed by atoms with van der Waals surface area (Å²) in [6, 6.07) is 5.30. The third kappa shape index (κ3) is 3.26. The Balaban J connectivity index is 2.82. The highest BCUT2D eigenvalue weighted by Crippen LogP contribution is 2.25. The largest absolute Gasteiger partial charge is 0.324 e. The zero-order valence-electron chi connectivity index (χ0n) is 7.35. The molecule has 14 heavy (non-hydrogen) atoms. The summed E-state index contributed by atoms with van der Waals surface area (Å²) in [6.07, 6.45) is 0. The lowest BCUT2D eigenvalue weighted by atomic mass is 10.3. The normalized spacial score (nSPS) is 12.3. The fourth-order valence-corrected chi connectivity index (χ4v) is 1.66. The Morgan fingerprint density at radius 2 is 2.21 bits per heavy atom. The molecule has 0 aliphatic heterocycles. The fraction of sp³-hybridized carbons (Fsp3) is 0.222. The third-order valence-corrected chi connectivity index (χ3v) is 2.77. The molecule has 0 saturated heterocycles. The van der Waals surface area contributed by atoms with Gasteiger partial charge < -0.3 is 5.32 Å². The Kier molecular flexibility index (Phi) is 4.41. The van der Waals surface area contributed by atoms with Crippen molar-refractivity contribution in [2.75, 3.05) is 5.32 Å². The van der Waals surface area contributed by atoms with E-state index in [0.717, 1.165) is 4.47 Å². The predicted octanol–water partition coefficient (Wildman–Crippen LogP) is 3.82. The molecule has 1 aromatic rings. The van der Waals surface area contributed by atoms with Crippen molar-refractivity contribution in [2.45, 2.75) is 11.8 Å². The molecule has 1 amide bonds. The monoisotopic (exact) mass is 339 g/mol. The summed E-state index contributed by atoms with van der Waals surface area (Å²) in [5, 5.41) is 3.21. The molecule has 2 nitrogen and oxygen atoms in total. The Labute approximate surface area is 104 Å². The maximum atomic E-state index is 11.3. The molecule has 0 heterocycles. The van der Waals surface area contributed by atoms with Crippen LogP contribution in [0.3, 0.4) is 0 Å². The van der Waals surface area contributed by atoms with Crippen molar-refractivity contribution in [1.29, 1.82) is 0 Å². The lowest BCUT2D eigenvalue weighted by Gasteiger charge is -2.08. The highest BCUT2D eigenvalue weighted by molar-refractivity contribution is 9.10. The van der Waals surface area contributed by atoms with Gasteiger partial charge in [0.2, 0.25) is 5.91 Å². The molecule has 0 saturated carbocycles. The Bertz CT molecular complexity index is 355. The maximum absolute atomic E-state index is 11.3. The summed E-state index contributed by atoms with van der Waals surface area (Å²) in [4.78, 5) is 11.1. The highest BCUT2D eigenvalue weighted by atomic mass is 79.9. The van der Waals surface area contributed by atoms with Gasteiger partial charge in [0.15, 0.2) is 0 Å². The van der Waals surface area contributed by atoms with Gasteiger partial charge in [-0.2, -0.15) is 0 Å². The summed E-state index contributed by atoms with van der Waals surface area (Å²) >= 11 is 12.4. The summed E-state index contributed by atoms with van der Waals surface area (Å²) in [5.41, 5.74) is 0.617. The minimum atomic E-state index is -0.234. The van der Waals surface area contributed by atoms with Gasteiger partial charge in [-0.1, -0.05) is 43.5 Å². The van der Waals surface area contributed by atoms with Gasteiger partial charge in [0.25, 0.3) is 0 Å². The number of hydrogen-bond acceptors (Lipinski definition) is 1. The third-order valence-electron chi connectivity index (χ3n) is 1.55. The van der Waals surface area contributed by atoms with E-state index in [4.69, 9.17) is 11.6 Å². The number of amides is 1. The van der Waals surface area contributed by atoms with Crippen molar-refractivity contribution in [3.63, 3.8) is 0 Å². The van der Waals surface area contributed by atoms with Gasteiger partial charge in [-0.15, -0.1) is 0 Å². The van der Waals surface area contributed by atoms with E-state index in [-0.39, 0.29) is 10.7 Å². The van der Waals surface area contributed by atoms with Gasteiger partial charge in [-0.3, -0.25) is 4.79 Å². The smallest absolute Gasteiger partial charge is 0.237 e. The summed E-state index contributed by atoms with van der Waals surface area (Å²) in [6.45, 7) is 1.75. The number of nitrogens with one attached hydrogen (secondary N) is 1. The van der Waals surface area contributed by atoms with Crippen molar-refractivity contribution >= 4 is 55.1 Å². The number of carbonyl (C=O) groups is 1. The van der Waals surface area contributed by atoms with E-state index < -0.39 is 0 Å². The van der Waals surface area contributed by atoms with Crippen LogP contribution in [0.2, 0.25) is 5.02 Å². The lowest BCUT2D eigenvalue weighted by molar-refractivity contribution is -0.115. The molecule has 0 radical (unpaired) electrons. The molecule has 0 spiro atoms. The van der Waals surface area contributed by atoms with Crippen molar-refractivity contribution in [3.8, 4) is 0 Å².